The minimum Gasteiger partial charge on any atom is -0.412 e. The summed E-state index contributed by atoms with van der Waals surface area (Å²) in [6.45, 7) is 23.2. The maximum absolute atomic E-state index is 13.0. The Morgan fingerprint density at radius 2 is 1.83 bits per heavy atom. The molecule has 0 saturated heterocycles. The van der Waals surface area contributed by atoms with E-state index < -0.39 is 16.8 Å². The second-order valence-electron chi connectivity index (χ2n) is 15.4. The van der Waals surface area contributed by atoms with Crippen molar-refractivity contribution in [3.63, 3.8) is 0 Å². The van der Waals surface area contributed by atoms with E-state index in [0.717, 1.165) is 6.42 Å². The molecule has 2 heterocycles. The topological polar surface area (TPSA) is 127 Å². The number of rotatable bonds is 14. The molecule has 1 amide bonds. The standard InChI is InChI=1S/C35H52N7O4PSi/c1-23(2)42(24(3)4)47(44-18-14-17-36)45-20-35-19-27(35)29(30(25(35)5)46-48(9,10)34(6,7)8)41-22-39-28-31(37-21-38-32(28)41)40-33(43)26-15-12-11-13-16-26/h11-13,15-16,21-25,27,29-30H,14,18-20H2,1-10H3,(H,37,38,40,43)/t25-,27+,29+,30+,35-,47?/m0/s1. The molecule has 6 atom stereocenters. The average Bonchev–Trinajstić information content (AvgIpc) is 3.51. The third-order valence-corrected chi connectivity index (χ3v) is 17.1. The number of benzene rings is 1. The van der Waals surface area contributed by atoms with Crippen LogP contribution < -0.4 is 5.32 Å². The summed E-state index contributed by atoms with van der Waals surface area (Å²) in [5, 5.41) is 12.2. The van der Waals surface area contributed by atoms with E-state index in [1.165, 1.54) is 6.33 Å². The van der Waals surface area contributed by atoms with Crippen LogP contribution in [-0.2, 0) is 13.5 Å². The van der Waals surface area contributed by atoms with Crippen molar-refractivity contribution < 1.29 is 18.3 Å². The number of hydrogen-bond acceptors (Lipinski definition) is 9. The largest absolute Gasteiger partial charge is 0.412 e. The van der Waals surface area contributed by atoms with Crippen LogP contribution in [0.4, 0.5) is 5.82 Å². The first kappa shape index (κ1) is 36.5. The van der Waals surface area contributed by atoms with Gasteiger partial charge < -0.3 is 23.4 Å². The summed E-state index contributed by atoms with van der Waals surface area (Å²) in [6, 6.07) is 11.7. The zero-order valence-corrected chi connectivity index (χ0v) is 32.0. The monoisotopic (exact) mass is 693 g/mol. The van der Waals surface area contributed by atoms with Gasteiger partial charge in [-0.1, -0.05) is 45.9 Å². The Labute approximate surface area is 287 Å². The van der Waals surface area contributed by atoms with Crippen LogP contribution in [0.15, 0.2) is 43.0 Å². The van der Waals surface area contributed by atoms with E-state index in [0.29, 0.717) is 42.2 Å². The third kappa shape index (κ3) is 7.09. The number of imidazole rings is 1. The molecule has 260 valence electrons. The van der Waals surface area contributed by atoms with E-state index in [-0.39, 0.29) is 52.4 Å². The molecule has 11 nitrogen and oxygen atoms in total. The molecule has 2 aromatic heterocycles. The number of aromatic nitrogens is 4. The first-order chi connectivity index (χ1) is 22.6. The molecule has 2 saturated carbocycles. The number of anilines is 1. The van der Waals surface area contributed by atoms with Crippen LogP contribution in [0.25, 0.3) is 11.2 Å². The van der Waals surface area contributed by atoms with Crippen LogP contribution in [0.5, 0.6) is 0 Å². The van der Waals surface area contributed by atoms with Gasteiger partial charge in [0.2, 0.25) is 0 Å². The minimum atomic E-state index is -2.18. The van der Waals surface area contributed by atoms with E-state index in [9.17, 15) is 10.1 Å². The Balaban J connectivity index is 1.48. The molecule has 1 unspecified atom stereocenters. The zero-order chi connectivity index (χ0) is 35.0. The van der Waals surface area contributed by atoms with Crippen LogP contribution >= 0.6 is 8.53 Å². The Morgan fingerprint density at radius 1 is 1.15 bits per heavy atom. The first-order valence-corrected chi connectivity index (χ1v) is 21.1. The van der Waals surface area contributed by atoms with E-state index in [1.54, 1.807) is 12.1 Å². The summed E-state index contributed by atoms with van der Waals surface area (Å²) in [6.07, 6.45) is 4.56. The maximum Gasteiger partial charge on any atom is 0.259 e. The van der Waals surface area contributed by atoms with E-state index >= 15 is 0 Å². The number of fused-ring (bicyclic) bond motifs is 2. The van der Waals surface area contributed by atoms with Crippen molar-refractivity contribution >= 4 is 39.7 Å². The van der Waals surface area contributed by atoms with Gasteiger partial charge in [0.05, 0.1) is 44.2 Å². The number of carbonyl (C=O) groups excluding carboxylic acids is 1. The Kier molecular flexibility index (Phi) is 10.8. The second-order valence-corrected chi connectivity index (χ2v) is 21.6. The van der Waals surface area contributed by atoms with E-state index in [4.69, 9.17) is 23.4 Å². The van der Waals surface area contributed by atoms with Crippen molar-refractivity contribution in [3.05, 3.63) is 48.5 Å². The van der Waals surface area contributed by atoms with Crippen molar-refractivity contribution in [2.24, 2.45) is 17.3 Å². The van der Waals surface area contributed by atoms with Gasteiger partial charge in [0.25, 0.3) is 14.4 Å². The molecule has 3 aromatic rings. The Bertz CT molecular complexity index is 1610. The summed E-state index contributed by atoms with van der Waals surface area (Å²) in [4.78, 5) is 26.9. The highest BCUT2D eigenvalue weighted by molar-refractivity contribution is 7.44. The fourth-order valence-corrected chi connectivity index (χ4v) is 10.0. The number of nitriles is 1. The summed E-state index contributed by atoms with van der Waals surface area (Å²) in [5.74, 6) is 0.608. The van der Waals surface area contributed by atoms with Crippen LogP contribution in [0.1, 0.15) is 84.6 Å². The molecule has 2 aliphatic rings. The molecular formula is C35H52N7O4PSi. The number of amides is 1. The van der Waals surface area contributed by atoms with E-state index in [1.807, 2.05) is 24.5 Å². The summed E-state index contributed by atoms with van der Waals surface area (Å²) < 4.78 is 24.8. The average molecular weight is 694 g/mol. The smallest absolute Gasteiger partial charge is 0.259 e. The lowest BCUT2D eigenvalue weighted by Crippen LogP contribution is -2.47. The molecule has 0 spiro atoms. The maximum atomic E-state index is 13.0. The van der Waals surface area contributed by atoms with Crippen molar-refractivity contribution in [2.75, 3.05) is 18.5 Å². The van der Waals surface area contributed by atoms with Gasteiger partial charge >= 0.3 is 0 Å². The molecule has 1 N–H and O–H groups in total. The lowest BCUT2D eigenvalue weighted by atomic mass is 9.91. The second kappa shape index (κ2) is 14.2. The predicted octanol–water partition coefficient (Wildman–Crippen LogP) is 7.96. The van der Waals surface area contributed by atoms with Gasteiger partial charge in [-0.3, -0.25) is 4.79 Å². The van der Waals surface area contributed by atoms with Gasteiger partial charge in [0, 0.05) is 23.1 Å². The molecule has 0 radical (unpaired) electrons. The molecule has 1 aromatic carbocycles. The van der Waals surface area contributed by atoms with Crippen LogP contribution in [0.3, 0.4) is 0 Å². The van der Waals surface area contributed by atoms with Crippen molar-refractivity contribution in [3.8, 4) is 6.07 Å². The van der Waals surface area contributed by atoms with Gasteiger partial charge in [0.1, 0.15) is 6.33 Å². The molecular weight excluding hydrogens is 641 g/mol. The van der Waals surface area contributed by atoms with Crippen molar-refractivity contribution in [2.45, 2.75) is 111 Å². The predicted molar refractivity (Wildman–Crippen MR) is 192 cm³/mol. The van der Waals surface area contributed by atoms with E-state index in [2.05, 4.69) is 94.1 Å². The quantitative estimate of drug-likeness (QED) is 0.102. The van der Waals surface area contributed by atoms with Gasteiger partial charge in [-0.15, -0.1) is 0 Å². The lowest BCUT2D eigenvalue weighted by Gasteiger charge is -2.42. The lowest BCUT2D eigenvalue weighted by molar-refractivity contribution is 0.0632. The highest BCUT2D eigenvalue weighted by atomic mass is 31.2. The molecule has 0 aliphatic heterocycles. The summed E-state index contributed by atoms with van der Waals surface area (Å²) in [7, 11) is -3.55. The zero-order valence-electron chi connectivity index (χ0n) is 30.1. The third-order valence-electron chi connectivity index (χ3n) is 10.6. The normalized spacial score (nSPS) is 24.7. The van der Waals surface area contributed by atoms with Crippen molar-refractivity contribution in [1.29, 1.82) is 5.26 Å². The molecule has 2 fully saturated rings. The first-order valence-electron chi connectivity index (χ1n) is 17.1. The molecule has 0 bridgehead atoms. The fourth-order valence-electron chi connectivity index (χ4n) is 6.94. The molecule has 2 aliphatic carbocycles. The molecule has 48 heavy (non-hydrogen) atoms. The van der Waals surface area contributed by atoms with Crippen LogP contribution in [-0.4, -0.2) is 69.8 Å². The summed E-state index contributed by atoms with van der Waals surface area (Å²) in [5.41, 5.74) is 1.66. The Morgan fingerprint density at radius 3 is 2.46 bits per heavy atom. The van der Waals surface area contributed by atoms with Crippen molar-refractivity contribution in [1.82, 2.24) is 24.2 Å². The summed E-state index contributed by atoms with van der Waals surface area (Å²) >= 11 is 0. The highest BCUT2D eigenvalue weighted by Crippen LogP contribution is 2.72. The number of carbonyl (C=O) groups is 1. The number of nitrogens with zero attached hydrogens (tertiary/aromatic N) is 6. The SMILES string of the molecule is CC(C)N(C(C)C)P(OCCC#N)OC[C@]12C[C@@H]1[C@@H](n1cnc3c(NC(=O)c4ccccc4)ncnc31)[C@H](O[Si](C)(C)C(C)(C)C)[C@@H]2C. The molecule has 5 rings (SSSR count). The van der Waals surface area contributed by atoms with Gasteiger partial charge in [-0.05, 0) is 76.2 Å². The number of nitrogens with one attached hydrogen (secondary N) is 1. The van der Waals surface area contributed by atoms with Crippen LogP contribution in [0.2, 0.25) is 18.1 Å². The van der Waals surface area contributed by atoms with Gasteiger partial charge in [-0.2, -0.15) is 5.26 Å². The molecule has 13 heteroatoms. The Hall–Kier alpha value is -2.78. The van der Waals surface area contributed by atoms with Gasteiger partial charge in [-0.25, -0.2) is 19.6 Å². The number of hydrogen-bond donors (Lipinski definition) is 1. The minimum absolute atomic E-state index is 0.0210. The fraction of sp³-hybridized carbons (Fsp3) is 0.629. The van der Waals surface area contributed by atoms with Crippen LogP contribution in [0, 0.1) is 28.6 Å². The highest BCUT2D eigenvalue weighted by Gasteiger charge is 2.71. The van der Waals surface area contributed by atoms with Gasteiger partial charge in [0.15, 0.2) is 25.3 Å².